The Labute approximate surface area is 122 Å². The van der Waals surface area contributed by atoms with Gasteiger partial charge in [0.2, 0.25) is 0 Å². The van der Waals surface area contributed by atoms with Crippen LogP contribution in [0.15, 0.2) is 35.4 Å². The Balaban J connectivity index is 2.37. The van der Waals surface area contributed by atoms with E-state index < -0.39 is 29.3 Å². The van der Waals surface area contributed by atoms with E-state index in [0.29, 0.717) is 0 Å². The molecular weight excluding hydrogens is 278 g/mol. The molecule has 0 aromatic heterocycles. The van der Waals surface area contributed by atoms with Crippen molar-refractivity contribution in [2.75, 3.05) is 0 Å². The number of benzene rings is 1. The van der Waals surface area contributed by atoms with E-state index in [0.717, 1.165) is 5.56 Å². The third-order valence-electron chi connectivity index (χ3n) is 3.60. The fourth-order valence-electron chi connectivity index (χ4n) is 2.58. The van der Waals surface area contributed by atoms with Crippen LogP contribution in [-0.2, 0) is 11.2 Å². The summed E-state index contributed by atoms with van der Waals surface area (Å²) in [6, 6.07) is 8.34. The van der Waals surface area contributed by atoms with E-state index in [1.165, 1.54) is 0 Å². The number of hydrogen-bond donors (Lipinski definition) is 3. The van der Waals surface area contributed by atoms with Crippen LogP contribution in [0.25, 0.3) is 10.4 Å². The summed E-state index contributed by atoms with van der Waals surface area (Å²) in [5, 5.41) is 24.7. The summed E-state index contributed by atoms with van der Waals surface area (Å²) < 4.78 is 5.39. The number of aliphatic hydroxyl groups is 2. The minimum atomic E-state index is -1.61. The average Bonchev–Trinajstić information content (AvgIpc) is 2.43. The van der Waals surface area contributed by atoms with Gasteiger partial charge < -0.3 is 14.9 Å². The highest BCUT2D eigenvalue weighted by Crippen LogP contribution is 2.36. The Hall–Kier alpha value is -1.24. The first-order valence-electron chi connectivity index (χ1n) is 6.31. The zero-order chi connectivity index (χ0) is 14.8. The molecule has 1 aromatic rings. The number of ether oxygens (including phenoxy) is 1. The smallest absolute Gasteiger partial charge is 0.129 e. The van der Waals surface area contributed by atoms with E-state index in [1.54, 1.807) is 6.92 Å². The molecule has 6 nitrogen and oxygen atoms in total. The molecule has 5 atom stereocenters. The molecule has 2 rings (SSSR count). The van der Waals surface area contributed by atoms with Gasteiger partial charge in [-0.2, -0.15) is 0 Å². The van der Waals surface area contributed by atoms with E-state index in [4.69, 9.17) is 10.3 Å². The largest absolute Gasteiger partial charge is 0.386 e. The second-order valence-corrected chi connectivity index (χ2v) is 5.49. The first-order chi connectivity index (χ1) is 9.49. The Morgan fingerprint density at radius 1 is 1.45 bits per heavy atom. The minimum absolute atomic E-state index is 0.156. The molecule has 1 fully saturated rings. The zero-order valence-electron chi connectivity index (χ0n) is 11.0. The molecule has 2 N–H and O–H groups in total. The summed E-state index contributed by atoms with van der Waals surface area (Å²) in [6.07, 6.45) is -1.63. The number of azide groups is 1. The van der Waals surface area contributed by atoms with Crippen molar-refractivity contribution in [3.8, 4) is 0 Å². The first-order valence-corrected chi connectivity index (χ1v) is 6.83. The van der Waals surface area contributed by atoms with Crippen LogP contribution in [0.3, 0.4) is 0 Å². The van der Waals surface area contributed by atoms with Crippen molar-refractivity contribution in [3.05, 3.63) is 46.3 Å². The molecule has 1 aliphatic heterocycles. The number of aliphatic hydroxyl groups excluding tert-OH is 1. The van der Waals surface area contributed by atoms with Crippen LogP contribution in [-0.4, -0.2) is 39.5 Å². The maximum absolute atomic E-state index is 10.9. The van der Waals surface area contributed by atoms with Crippen LogP contribution >= 0.6 is 12.6 Å². The third kappa shape index (κ3) is 2.77. The number of thiol groups is 1. The minimum Gasteiger partial charge on any atom is -0.386 e. The van der Waals surface area contributed by atoms with Crippen LogP contribution < -0.4 is 0 Å². The van der Waals surface area contributed by atoms with Crippen LogP contribution in [0.2, 0.25) is 0 Å². The molecular formula is C13H17N3O3S. The third-order valence-corrected chi connectivity index (χ3v) is 4.00. The Morgan fingerprint density at radius 3 is 2.70 bits per heavy atom. The zero-order valence-corrected chi connectivity index (χ0v) is 11.9. The van der Waals surface area contributed by atoms with Crippen molar-refractivity contribution < 1.29 is 14.9 Å². The van der Waals surface area contributed by atoms with Crippen LogP contribution in [0.5, 0.6) is 0 Å². The van der Waals surface area contributed by atoms with Gasteiger partial charge in [0.1, 0.15) is 17.1 Å². The topological polar surface area (TPSA) is 98.5 Å². The number of rotatable bonds is 3. The van der Waals surface area contributed by atoms with Crippen molar-refractivity contribution in [2.45, 2.75) is 42.6 Å². The molecule has 1 aromatic carbocycles. The molecule has 0 aliphatic carbocycles. The fraction of sp³-hybridized carbons (Fsp3) is 0.538. The number of nitrogens with zero attached hydrogens (tertiary/aromatic N) is 3. The Kier molecular flexibility index (Phi) is 4.57. The molecule has 20 heavy (non-hydrogen) atoms. The molecule has 7 heteroatoms. The number of hydrogen-bond acceptors (Lipinski definition) is 5. The van der Waals surface area contributed by atoms with E-state index in [-0.39, 0.29) is 6.42 Å². The highest BCUT2D eigenvalue weighted by molar-refractivity contribution is 7.80. The van der Waals surface area contributed by atoms with Gasteiger partial charge in [-0.05, 0) is 18.0 Å². The lowest BCUT2D eigenvalue weighted by Crippen LogP contribution is -2.64. The molecule has 0 amide bonds. The van der Waals surface area contributed by atoms with Crippen molar-refractivity contribution in [2.24, 2.45) is 5.11 Å². The van der Waals surface area contributed by atoms with Gasteiger partial charge >= 0.3 is 0 Å². The molecule has 1 saturated heterocycles. The Bertz CT molecular complexity index is 509. The summed E-state index contributed by atoms with van der Waals surface area (Å²) in [5.74, 6) is 0. The summed E-state index contributed by atoms with van der Waals surface area (Å²) in [6.45, 7) is 1.68. The van der Waals surface area contributed by atoms with Gasteiger partial charge in [-0.25, -0.2) is 0 Å². The molecule has 0 bridgehead atoms. The molecule has 0 unspecified atom stereocenters. The van der Waals surface area contributed by atoms with Gasteiger partial charge in [0.25, 0.3) is 0 Å². The van der Waals surface area contributed by atoms with Crippen molar-refractivity contribution in [3.63, 3.8) is 0 Å². The van der Waals surface area contributed by atoms with E-state index in [9.17, 15) is 10.2 Å². The fourth-order valence-corrected chi connectivity index (χ4v) is 3.03. The van der Waals surface area contributed by atoms with Gasteiger partial charge in [0.05, 0.1) is 12.1 Å². The highest BCUT2D eigenvalue weighted by atomic mass is 32.1. The van der Waals surface area contributed by atoms with Gasteiger partial charge in [-0.1, -0.05) is 35.4 Å². The second-order valence-electron chi connectivity index (χ2n) is 4.98. The lowest BCUT2D eigenvalue weighted by molar-refractivity contribution is -0.196. The van der Waals surface area contributed by atoms with Gasteiger partial charge in [0, 0.05) is 11.3 Å². The second kappa shape index (κ2) is 6.03. The molecule has 1 aliphatic rings. The summed E-state index contributed by atoms with van der Waals surface area (Å²) in [7, 11) is 0. The molecule has 1 heterocycles. The van der Waals surface area contributed by atoms with Crippen molar-refractivity contribution in [1.29, 1.82) is 0 Å². The maximum Gasteiger partial charge on any atom is 0.129 e. The molecule has 0 spiro atoms. The van der Waals surface area contributed by atoms with Crippen LogP contribution in [0, 0.1) is 0 Å². The van der Waals surface area contributed by atoms with Crippen molar-refractivity contribution >= 4 is 12.6 Å². The van der Waals surface area contributed by atoms with E-state index in [1.807, 2.05) is 30.3 Å². The molecule has 108 valence electrons. The van der Waals surface area contributed by atoms with E-state index >= 15 is 0 Å². The van der Waals surface area contributed by atoms with Gasteiger partial charge in [0.15, 0.2) is 0 Å². The monoisotopic (exact) mass is 295 g/mol. The van der Waals surface area contributed by atoms with Gasteiger partial charge in [-0.15, -0.1) is 12.6 Å². The SMILES string of the molecule is C[C@H]1O[C@@H](S)[C@@H](O)[C@](O)(Cc2ccccc2)[C@@H]1N=[N+]=[N-]. The molecule has 0 saturated carbocycles. The lowest BCUT2D eigenvalue weighted by atomic mass is 9.79. The quantitative estimate of drug-likeness (QED) is 0.342. The predicted molar refractivity (Wildman–Crippen MR) is 77.4 cm³/mol. The van der Waals surface area contributed by atoms with E-state index in [2.05, 4.69) is 22.7 Å². The average molecular weight is 295 g/mol. The Morgan fingerprint density at radius 2 is 2.10 bits per heavy atom. The normalized spacial score (nSPS) is 37.2. The highest BCUT2D eigenvalue weighted by Gasteiger charge is 2.52. The van der Waals surface area contributed by atoms with Crippen LogP contribution in [0.4, 0.5) is 0 Å². The van der Waals surface area contributed by atoms with Gasteiger partial charge in [-0.3, -0.25) is 0 Å². The maximum atomic E-state index is 10.9. The lowest BCUT2D eigenvalue weighted by Gasteiger charge is -2.47. The molecule has 0 radical (unpaired) electrons. The predicted octanol–water partition coefficient (Wildman–Crippen LogP) is 1.67. The first kappa shape index (κ1) is 15.2. The summed E-state index contributed by atoms with van der Waals surface area (Å²) in [4.78, 5) is 2.76. The summed E-state index contributed by atoms with van der Waals surface area (Å²) >= 11 is 4.14. The van der Waals surface area contributed by atoms with Crippen LogP contribution in [0.1, 0.15) is 12.5 Å². The standard InChI is InChI=1S/C13H17N3O3S/c1-8-10(15-16-14)13(18,11(17)12(20)19-8)7-9-5-3-2-4-6-9/h2-6,8,10-12,17-18,20H,7H2,1H3/t8-,10-,11-,12+,13+/m1/s1. The summed E-state index contributed by atoms with van der Waals surface area (Å²) in [5.41, 5.74) is 7.07. The van der Waals surface area contributed by atoms with Crippen molar-refractivity contribution in [1.82, 2.24) is 0 Å².